The molecule has 138 valence electrons. The van der Waals surface area contributed by atoms with E-state index < -0.39 is 0 Å². The molecule has 4 heteroatoms. The van der Waals surface area contributed by atoms with Crippen molar-refractivity contribution in [3.8, 4) is 17.6 Å². The zero-order chi connectivity index (χ0) is 19.8. The fraction of sp³-hybridized carbons (Fsp3) is 0.0833. The summed E-state index contributed by atoms with van der Waals surface area (Å²) >= 11 is 0. The van der Waals surface area contributed by atoms with Gasteiger partial charge in [0, 0.05) is 11.1 Å². The average Bonchev–Trinajstić information content (AvgIpc) is 2.77. The highest BCUT2D eigenvalue weighted by atomic mass is 16.5. The molecule has 0 bridgehead atoms. The van der Waals surface area contributed by atoms with Crippen LogP contribution in [0.3, 0.4) is 0 Å². The van der Waals surface area contributed by atoms with E-state index in [2.05, 4.69) is 0 Å². The molecule has 0 aromatic heterocycles. The molecule has 0 saturated heterocycles. The normalized spacial score (nSPS) is 10.8. The molecule has 0 spiro atoms. The third kappa shape index (κ3) is 4.66. The number of carbonyl (C=O) groups is 1. The summed E-state index contributed by atoms with van der Waals surface area (Å²) in [5.41, 5.74) is 2.14. The van der Waals surface area contributed by atoms with Crippen molar-refractivity contribution in [2.45, 2.75) is 6.61 Å². The monoisotopic (exact) mass is 369 g/mol. The van der Waals surface area contributed by atoms with Crippen LogP contribution in [0.25, 0.3) is 6.08 Å². The number of para-hydroxylation sites is 1. The molecule has 3 aromatic carbocycles. The van der Waals surface area contributed by atoms with Gasteiger partial charge in [0.25, 0.3) is 0 Å². The summed E-state index contributed by atoms with van der Waals surface area (Å²) in [6.45, 7) is 0.400. The molecule has 3 aromatic rings. The van der Waals surface area contributed by atoms with Crippen molar-refractivity contribution in [2.24, 2.45) is 0 Å². The Labute approximate surface area is 164 Å². The number of ether oxygens (including phenoxy) is 2. The Balaban J connectivity index is 1.86. The van der Waals surface area contributed by atoms with Gasteiger partial charge in [-0.25, -0.2) is 0 Å². The van der Waals surface area contributed by atoms with E-state index in [4.69, 9.17) is 9.47 Å². The second kappa shape index (κ2) is 9.20. The number of carbonyl (C=O) groups excluding carboxylic acids is 1. The molecule has 0 unspecified atom stereocenters. The highest BCUT2D eigenvalue weighted by Gasteiger charge is 2.14. The largest absolute Gasteiger partial charge is 0.497 e. The van der Waals surface area contributed by atoms with Gasteiger partial charge in [-0.1, -0.05) is 60.7 Å². The van der Waals surface area contributed by atoms with E-state index in [0.717, 1.165) is 5.56 Å². The van der Waals surface area contributed by atoms with Crippen molar-refractivity contribution in [3.05, 3.63) is 101 Å². The molecule has 0 aliphatic heterocycles. The predicted molar refractivity (Wildman–Crippen MR) is 108 cm³/mol. The van der Waals surface area contributed by atoms with E-state index in [1.165, 1.54) is 7.11 Å². The molecule has 0 N–H and O–H groups in total. The van der Waals surface area contributed by atoms with E-state index in [1.807, 2.05) is 60.7 Å². The maximum Gasteiger partial charge on any atom is 0.203 e. The number of methoxy groups -OCH3 is 1. The number of ketones is 1. The first-order valence-electron chi connectivity index (χ1n) is 8.77. The lowest BCUT2D eigenvalue weighted by Gasteiger charge is -2.10. The molecule has 0 fully saturated rings. The second-order valence-corrected chi connectivity index (χ2v) is 6.04. The van der Waals surface area contributed by atoms with Crippen LogP contribution in [0.4, 0.5) is 0 Å². The van der Waals surface area contributed by atoms with Crippen LogP contribution in [0.15, 0.2) is 84.4 Å². The summed E-state index contributed by atoms with van der Waals surface area (Å²) in [7, 11) is 1.53. The molecule has 3 rings (SSSR count). The van der Waals surface area contributed by atoms with E-state index in [9.17, 15) is 10.1 Å². The Morgan fingerprint density at radius 3 is 2.50 bits per heavy atom. The van der Waals surface area contributed by atoms with E-state index in [-0.39, 0.29) is 11.4 Å². The molecular weight excluding hydrogens is 350 g/mol. The number of benzene rings is 3. The number of hydrogen-bond donors (Lipinski definition) is 0. The first-order valence-corrected chi connectivity index (χ1v) is 8.77. The Morgan fingerprint density at radius 1 is 1.00 bits per heavy atom. The standard InChI is InChI=1S/C24H19NO3/c1-27-22-12-7-11-20(15-22)24(26)21(16-25)14-19-10-5-6-13-23(19)28-17-18-8-3-2-4-9-18/h2-15H,17H2,1H3/b21-14+. The minimum absolute atomic E-state index is 0.0315. The minimum Gasteiger partial charge on any atom is -0.497 e. The molecule has 4 nitrogen and oxygen atoms in total. The average molecular weight is 369 g/mol. The molecule has 0 radical (unpaired) electrons. The van der Waals surface area contributed by atoms with Crippen LogP contribution < -0.4 is 9.47 Å². The maximum absolute atomic E-state index is 12.8. The number of nitrogens with zero attached hydrogens (tertiary/aromatic N) is 1. The van der Waals surface area contributed by atoms with Crippen LogP contribution >= 0.6 is 0 Å². The lowest BCUT2D eigenvalue weighted by molar-refractivity contribution is 0.103. The van der Waals surface area contributed by atoms with Crippen molar-refractivity contribution >= 4 is 11.9 Å². The molecular formula is C24H19NO3. The predicted octanol–water partition coefficient (Wildman–Crippen LogP) is 5.06. The summed E-state index contributed by atoms with van der Waals surface area (Å²) < 4.78 is 11.1. The molecule has 0 heterocycles. The van der Waals surface area contributed by atoms with Gasteiger partial charge in [-0.05, 0) is 29.8 Å². The van der Waals surface area contributed by atoms with Crippen molar-refractivity contribution < 1.29 is 14.3 Å². The summed E-state index contributed by atoms with van der Waals surface area (Å²) in [4.78, 5) is 12.8. The van der Waals surface area contributed by atoms with E-state index >= 15 is 0 Å². The minimum atomic E-state index is -0.362. The molecule has 0 atom stereocenters. The van der Waals surface area contributed by atoms with Crippen molar-refractivity contribution in [1.82, 2.24) is 0 Å². The van der Waals surface area contributed by atoms with Gasteiger partial charge in [0.05, 0.1) is 7.11 Å². The first-order chi connectivity index (χ1) is 13.7. The highest BCUT2D eigenvalue weighted by molar-refractivity contribution is 6.14. The fourth-order valence-electron chi connectivity index (χ4n) is 2.69. The van der Waals surface area contributed by atoms with Crippen LogP contribution in [-0.4, -0.2) is 12.9 Å². The summed E-state index contributed by atoms with van der Waals surface area (Å²) in [6.07, 6.45) is 1.56. The maximum atomic E-state index is 12.8. The van der Waals surface area contributed by atoms with Crippen molar-refractivity contribution in [3.63, 3.8) is 0 Å². The number of hydrogen-bond acceptors (Lipinski definition) is 4. The van der Waals surface area contributed by atoms with Gasteiger partial charge < -0.3 is 9.47 Å². The highest BCUT2D eigenvalue weighted by Crippen LogP contribution is 2.24. The van der Waals surface area contributed by atoms with Gasteiger partial charge in [-0.15, -0.1) is 0 Å². The molecule has 0 amide bonds. The number of nitriles is 1. The van der Waals surface area contributed by atoms with Crippen molar-refractivity contribution in [2.75, 3.05) is 7.11 Å². The number of Topliss-reactive ketones (excluding diaryl/α,β-unsaturated/α-hetero) is 1. The molecule has 28 heavy (non-hydrogen) atoms. The van der Waals surface area contributed by atoms with Gasteiger partial charge in [-0.2, -0.15) is 5.26 Å². The van der Waals surface area contributed by atoms with Crippen molar-refractivity contribution in [1.29, 1.82) is 5.26 Å². The topological polar surface area (TPSA) is 59.3 Å². The van der Waals surface area contributed by atoms with Gasteiger partial charge in [-0.3, -0.25) is 4.79 Å². The Kier molecular flexibility index (Phi) is 6.22. The smallest absolute Gasteiger partial charge is 0.203 e. The third-order valence-electron chi connectivity index (χ3n) is 4.15. The lowest BCUT2D eigenvalue weighted by Crippen LogP contribution is -2.03. The van der Waals surface area contributed by atoms with E-state index in [1.54, 1.807) is 30.3 Å². The van der Waals surface area contributed by atoms with Crippen LogP contribution in [0, 0.1) is 11.3 Å². The molecule has 0 aliphatic carbocycles. The third-order valence-corrected chi connectivity index (χ3v) is 4.15. The fourth-order valence-corrected chi connectivity index (χ4v) is 2.69. The van der Waals surface area contributed by atoms with Gasteiger partial charge in [0.1, 0.15) is 29.7 Å². The summed E-state index contributed by atoms with van der Waals surface area (Å²) in [6, 6.07) is 25.9. The second-order valence-electron chi connectivity index (χ2n) is 6.04. The first kappa shape index (κ1) is 18.9. The van der Waals surface area contributed by atoms with Crippen LogP contribution in [-0.2, 0) is 6.61 Å². The SMILES string of the molecule is COc1cccc(C(=O)/C(C#N)=C/c2ccccc2OCc2ccccc2)c1. The Bertz CT molecular complexity index is 1030. The zero-order valence-corrected chi connectivity index (χ0v) is 15.5. The quantitative estimate of drug-likeness (QED) is 0.332. The number of allylic oxidation sites excluding steroid dienone is 1. The molecule has 0 saturated carbocycles. The summed E-state index contributed by atoms with van der Waals surface area (Å²) in [5.74, 6) is 0.812. The van der Waals surface area contributed by atoms with E-state index in [0.29, 0.717) is 29.2 Å². The van der Waals surface area contributed by atoms with Gasteiger partial charge in [0.2, 0.25) is 5.78 Å². The van der Waals surface area contributed by atoms with Gasteiger partial charge in [0.15, 0.2) is 0 Å². The van der Waals surface area contributed by atoms with Crippen LogP contribution in [0.1, 0.15) is 21.5 Å². The Hall–Kier alpha value is -3.84. The van der Waals surface area contributed by atoms with Crippen LogP contribution in [0.2, 0.25) is 0 Å². The Morgan fingerprint density at radius 2 is 1.75 bits per heavy atom. The summed E-state index contributed by atoms with van der Waals surface area (Å²) in [5, 5.41) is 9.53. The number of rotatable bonds is 7. The lowest BCUT2D eigenvalue weighted by atomic mass is 10.0. The molecule has 0 aliphatic rings. The van der Waals surface area contributed by atoms with Crippen LogP contribution in [0.5, 0.6) is 11.5 Å². The van der Waals surface area contributed by atoms with Gasteiger partial charge >= 0.3 is 0 Å². The zero-order valence-electron chi connectivity index (χ0n) is 15.5.